The minimum absolute atomic E-state index is 0.432. The van der Waals surface area contributed by atoms with E-state index < -0.39 is 10.0 Å². The van der Waals surface area contributed by atoms with Gasteiger partial charge in [0.05, 0.1) is 6.26 Å². The number of guanidine groups is 1. The van der Waals surface area contributed by atoms with Crippen molar-refractivity contribution in [2.24, 2.45) is 16.3 Å². The zero-order valence-electron chi connectivity index (χ0n) is 16.1. The van der Waals surface area contributed by atoms with E-state index in [4.69, 9.17) is 0 Å². The first-order chi connectivity index (χ1) is 11.2. The van der Waals surface area contributed by atoms with E-state index in [1.807, 2.05) is 6.92 Å². The van der Waals surface area contributed by atoms with Gasteiger partial charge in [0, 0.05) is 33.2 Å². The van der Waals surface area contributed by atoms with Crippen molar-refractivity contribution < 1.29 is 8.42 Å². The topological polar surface area (TPSA) is 73.8 Å². The van der Waals surface area contributed by atoms with Gasteiger partial charge in [-0.25, -0.2) is 12.7 Å². The summed E-state index contributed by atoms with van der Waals surface area (Å²) in [6.45, 7) is 9.17. The molecular weight excluding hydrogens is 324 g/mol. The van der Waals surface area contributed by atoms with Crippen LogP contribution in [0.5, 0.6) is 0 Å². The lowest BCUT2D eigenvalue weighted by molar-refractivity contribution is 0.104. The lowest BCUT2D eigenvalue weighted by Gasteiger charge is -2.43. The molecule has 0 spiro atoms. The second-order valence-electron chi connectivity index (χ2n) is 7.41. The molecule has 0 aromatic rings. The van der Waals surface area contributed by atoms with Crippen molar-refractivity contribution in [1.82, 2.24) is 14.9 Å². The molecule has 1 rings (SSSR count). The standard InChI is InChI=1S/C17H36N4O2S/c1-6-21(24(5,22)23)12-8-11-19-16(18-4)20-14-17(9-7-10-17)13-15(2)3/h15H,6-14H2,1-5H3,(H2,18,19,20). The molecule has 1 fully saturated rings. The summed E-state index contributed by atoms with van der Waals surface area (Å²) in [6.07, 6.45) is 7.22. The van der Waals surface area contributed by atoms with Crippen LogP contribution in [0.15, 0.2) is 4.99 Å². The third kappa shape index (κ3) is 6.97. The molecule has 0 radical (unpaired) electrons. The Labute approximate surface area is 148 Å². The summed E-state index contributed by atoms with van der Waals surface area (Å²) in [5.74, 6) is 1.53. The van der Waals surface area contributed by atoms with Crippen molar-refractivity contribution in [1.29, 1.82) is 0 Å². The Morgan fingerprint density at radius 2 is 1.96 bits per heavy atom. The van der Waals surface area contributed by atoms with Crippen molar-refractivity contribution in [3.05, 3.63) is 0 Å². The zero-order chi connectivity index (χ0) is 18.2. The average Bonchev–Trinajstić information content (AvgIpc) is 2.45. The molecule has 6 nitrogen and oxygen atoms in total. The van der Waals surface area contributed by atoms with Gasteiger partial charge in [0.1, 0.15) is 0 Å². The summed E-state index contributed by atoms with van der Waals surface area (Å²) in [5, 5.41) is 6.75. The van der Waals surface area contributed by atoms with E-state index in [1.54, 1.807) is 7.05 Å². The van der Waals surface area contributed by atoms with Crippen LogP contribution in [0.25, 0.3) is 0 Å². The summed E-state index contributed by atoms with van der Waals surface area (Å²) in [4.78, 5) is 4.28. The Balaban J connectivity index is 2.33. The molecule has 1 aliphatic rings. The smallest absolute Gasteiger partial charge is 0.211 e. The molecule has 1 aliphatic carbocycles. The SMILES string of the molecule is CCN(CCCNC(=NC)NCC1(CC(C)C)CCC1)S(C)(=O)=O. The van der Waals surface area contributed by atoms with Crippen LogP contribution in [0.1, 0.15) is 52.9 Å². The van der Waals surface area contributed by atoms with Gasteiger partial charge in [0.25, 0.3) is 0 Å². The molecule has 7 heteroatoms. The van der Waals surface area contributed by atoms with E-state index in [1.165, 1.54) is 36.2 Å². The molecule has 0 amide bonds. The minimum Gasteiger partial charge on any atom is -0.356 e. The number of nitrogens with zero attached hydrogens (tertiary/aromatic N) is 2. The molecule has 1 saturated carbocycles. The highest BCUT2D eigenvalue weighted by Gasteiger charge is 2.37. The van der Waals surface area contributed by atoms with Gasteiger partial charge in [-0.1, -0.05) is 27.2 Å². The molecule has 0 heterocycles. The van der Waals surface area contributed by atoms with E-state index >= 15 is 0 Å². The fourth-order valence-corrected chi connectivity index (χ4v) is 4.44. The summed E-state index contributed by atoms with van der Waals surface area (Å²) in [5.41, 5.74) is 0.432. The number of aliphatic imine (C=N–C) groups is 1. The molecule has 0 bridgehead atoms. The molecule has 24 heavy (non-hydrogen) atoms. The highest BCUT2D eigenvalue weighted by Crippen LogP contribution is 2.45. The monoisotopic (exact) mass is 360 g/mol. The quantitative estimate of drug-likeness (QED) is 0.355. The minimum atomic E-state index is -3.10. The van der Waals surface area contributed by atoms with E-state index in [2.05, 4.69) is 29.5 Å². The van der Waals surface area contributed by atoms with Crippen LogP contribution in [-0.4, -0.2) is 58.2 Å². The summed E-state index contributed by atoms with van der Waals surface area (Å²) >= 11 is 0. The number of hydrogen-bond donors (Lipinski definition) is 2. The number of nitrogens with one attached hydrogen (secondary N) is 2. The van der Waals surface area contributed by atoms with E-state index in [0.717, 1.165) is 24.8 Å². The van der Waals surface area contributed by atoms with Crippen LogP contribution in [0.3, 0.4) is 0 Å². The summed E-state index contributed by atoms with van der Waals surface area (Å²) in [6, 6.07) is 0. The maximum atomic E-state index is 11.6. The van der Waals surface area contributed by atoms with E-state index in [9.17, 15) is 8.42 Å². The van der Waals surface area contributed by atoms with Crippen LogP contribution in [0, 0.1) is 11.3 Å². The lowest BCUT2D eigenvalue weighted by Crippen LogP contribution is -2.47. The van der Waals surface area contributed by atoms with E-state index in [0.29, 0.717) is 25.0 Å². The van der Waals surface area contributed by atoms with Crippen molar-refractivity contribution >= 4 is 16.0 Å². The maximum absolute atomic E-state index is 11.6. The second kappa shape index (κ2) is 9.61. The van der Waals surface area contributed by atoms with Crippen LogP contribution < -0.4 is 10.6 Å². The van der Waals surface area contributed by atoms with Gasteiger partial charge in [0.2, 0.25) is 10.0 Å². The van der Waals surface area contributed by atoms with Crippen molar-refractivity contribution in [3.8, 4) is 0 Å². The van der Waals surface area contributed by atoms with Crippen molar-refractivity contribution in [3.63, 3.8) is 0 Å². The van der Waals surface area contributed by atoms with Gasteiger partial charge >= 0.3 is 0 Å². The molecule has 0 saturated heterocycles. The first kappa shape index (κ1) is 21.2. The predicted octanol–water partition coefficient (Wildman–Crippen LogP) is 2.04. The van der Waals surface area contributed by atoms with Crippen LogP contribution in [0.2, 0.25) is 0 Å². The highest BCUT2D eigenvalue weighted by molar-refractivity contribution is 7.88. The Kier molecular flexibility index (Phi) is 8.50. The Morgan fingerprint density at radius 1 is 1.29 bits per heavy atom. The second-order valence-corrected chi connectivity index (χ2v) is 9.39. The average molecular weight is 361 g/mol. The van der Waals surface area contributed by atoms with E-state index in [-0.39, 0.29) is 0 Å². The van der Waals surface area contributed by atoms with Crippen LogP contribution in [0.4, 0.5) is 0 Å². The Morgan fingerprint density at radius 3 is 2.38 bits per heavy atom. The largest absolute Gasteiger partial charge is 0.356 e. The normalized spacial score (nSPS) is 17.9. The molecule has 0 unspecified atom stereocenters. The van der Waals surface area contributed by atoms with Crippen LogP contribution >= 0.6 is 0 Å². The highest BCUT2D eigenvalue weighted by atomic mass is 32.2. The van der Waals surface area contributed by atoms with Gasteiger partial charge in [-0.15, -0.1) is 0 Å². The zero-order valence-corrected chi connectivity index (χ0v) is 16.9. The molecule has 2 N–H and O–H groups in total. The third-order valence-electron chi connectivity index (χ3n) is 4.81. The third-order valence-corrected chi connectivity index (χ3v) is 6.19. The number of sulfonamides is 1. The summed E-state index contributed by atoms with van der Waals surface area (Å²) < 4.78 is 24.6. The van der Waals surface area contributed by atoms with Gasteiger partial charge in [-0.2, -0.15) is 0 Å². The fourth-order valence-electron chi connectivity index (χ4n) is 3.51. The number of hydrogen-bond acceptors (Lipinski definition) is 3. The molecule has 0 aliphatic heterocycles. The molecule has 0 aromatic heterocycles. The predicted molar refractivity (Wildman–Crippen MR) is 102 cm³/mol. The molecule has 0 atom stereocenters. The van der Waals surface area contributed by atoms with Crippen molar-refractivity contribution in [2.45, 2.75) is 52.9 Å². The maximum Gasteiger partial charge on any atom is 0.211 e. The lowest BCUT2D eigenvalue weighted by atomic mass is 9.64. The fraction of sp³-hybridized carbons (Fsp3) is 0.941. The molecule has 0 aromatic carbocycles. The molecule has 142 valence electrons. The van der Waals surface area contributed by atoms with Crippen LogP contribution in [-0.2, 0) is 10.0 Å². The number of rotatable bonds is 10. The Bertz CT molecular complexity index is 499. The molecular formula is C17H36N4O2S. The van der Waals surface area contributed by atoms with Gasteiger partial charge in [-0.05, 0) is 37.0 Å². The Hall–Kier alpha value is -0.820. The first-order valence-electron chi connectivity index (χ1n) is 9.12. The van der Waals surface area contributed by atoms with Gasteiger partial charge in [-0.3, -0.25) is 4.99 Å². The van der Waals surface area contributed by atoms with Gasteiger partial charge < -0.3 is 10.6 Å². The van der Waals surface area contributed by atoms with Gasteiger partial charge in [0.15, 0.2) is 5.96 Å². The van der Waals surface area contributed by atoms with Crippen molar-refractivity contribution in [2.75, 3.05) is 39.5 Å². The summed E-state index contributed by atoms with van der Waals surface area (Å²) in [7, 11) is -1.32. The first-order valence-corrected chi connectivity index (χ1v) is 11.0.